The highest BCUT2D eigenvalue weighted by Gasteiger charge is 2.11. The highest BCUT2D eigenvalue weighted by Crippen LogP contribution is 2.32. The first-order chi connectivity index (χ1) is 9.11. The van der Waals surface area contributed by atoms with E-state index in [2.05, 4.69) is 15.3 Å². The third kappa shape index (κ3) is 3.26. The van der Waals surface area contributed by atoms with Crippen LogP contribution < -0.4 is 16.8 Å². The Kier molecular flexibility index (Phi) is 4.42. The molecule has 1 aromatic carbocycles. The zero-order chi connectivity index (χ0) is 13.8. The first kappa shape index (κ1) is 13.9. The van der Waals surface area contributed by atoms with Crippen LogP contribution in [0.4, 0.5) is 11.6 Å². The fourth-order valence-electron chi connectivity index (χ4n) is 1.56. The summed E-state index contributed by atoms with van der Waals surface area (Å²) in [7, 11) is 0. The Balaban J connectivity index is 2.42. The molecule has 0 unspecified atom stereocenters. The predicted octanol–water partition coefficient (Wildman–Crippen LogP) is 2.40. The van der Waals surface area contributed by atoms with E-state index >= 15 is 0 Å². The van der Waals surface area contributed by atoms with Crippen molar-refractivity contribution in [3.05, 3.63) is 34.4 Å². The van der Waals surface area contributed by atoms with Crippen molar-refractivity contribution >= 4 is 34.8 Å². The van der Waals surface area contributed by atoms with Crippen LogP contribution in [0.25, 0.3) is 11.3 Å². The van der Waals surface area contributed by atoms with E-state index in [4.69, 9.17) is 34.7 Å². The molecule has 0 aliphatic rings. The van der Waals surface area contributed by atoms with Crippen molar-refractivity contribution in [1.82, 2.24) is 9.97 Å². The number of anilines is 2. The molecule has 5 nitrogen and oxygen atoms in total. The second-order valence-corrected chi connectivity index (χ2v) is 4.67. The van der Waals surface area contributed by atoms with E-state index in [1.165, 1.54) is 0 Å². The second kappa shape index (κ2) is 6.06. The largest absolute Gasteiger partial charge is 0.382 e. The minimum Gasteiger partial charge on any atom is -0.382 e. The van der Waals surface area contributed by atoms with Crippen LogP contribution >= 0.6 is 23.2 Å². The Bertz CT molecular complexity index is 588. The smallest absolute Gasteiger partial charge is 0.150 e. The average Bonchev–Trinajstić information content (AvgIpc) is 2.38. The number of benzene rings is 1. The minimum atomic E-state index is 0.308. The quantitative estimate of drug-likeness (QED) is 0.806. The molecule has 100 valence electrons. The predicted molar refractivity (Wildman–Crippen MR) is 79.4 cm³/mol. The molecule has 5 N–H and O–H groups in total. The maximum absolute atomic E-state index is 6.14. The molecule has 0 amide bonds. The number of nitrogens with zero attached hydrogens (tertiary/aromatic N) is 2. The number of aromatic nitrogens is 2. The van der Waals surface area contributed by atoms with Crippen molar-refractivity contribution in [1.29, 1.82) is 0 Å². The van der Waals surface area contributed by atoms with Crippen molar-refractivity contribution in [2.75, 3.05) is 24.1 Å². The number of hydrogen-bond donors (Lipinski definition) is 3. The van der Waals surface area contributed by atoms with E-state index in [1.54, 1.807) is 24.4 Å². The molecule has 2 rings (SSSR count). The monoisotopic (exact) mass is 297 g/mol. The van der Waals surface area contributed by atoms with Gasteiger partial charge < -0.3 is 16.8 Å². The lowest BCUT2D eigenvalue weighted by atomic mass is 10.1. The van der Waals surface area contributed by atoms with Gasteiger partial charge in [0.25, 0.3) is 0 Å². The molecule has 0 bridgehead atoms. The summed E-state index contributed by atoms with van der Waals surface area (Å²) in [6.45, 7) is 1.11. The Morgan fingerprint density at radius 2 is 2.05 bits per heavy atom. The number of rotatable bonds is 4. The number of halogens is 2. The highest BCUT2D eigenvalue weighted by atomic mass is 35.5. The van der Waals surface area contributed by atoms with Crippen LogP contribution in [-0.2, 0) is 0 Å². The van der Waals surface area contributed by atoms with Gasteiger partial charge in [0.1, 0.15) is 17.3 Å². The third-order valence-electron chi connectivity index (χ3n) is 2.44. The summed E-state index contributed by atoms with van der Waals surface area (Å²) in [5.41, 5.74) is 12.5. The normalized spacial score (nSPS) is 10.5. The Labute approximate surface area is 120 Å². The molecule has 0 atom stereocenters. The SMILES string of the molecule is NCCNc1cnc(N)c(-c2ccc(Cl)cc2Cl)n1. The molecule has 0 saturated heterocycles. The van der Waals surface area contributed by atoms with E-state index < -0.39 is 0 Å². The van der Waals surface area contributed by atoms with Gasteiger partial charge in [-0.1, -0.05) is 23.2 Å². The van der Waals surface area contributed by atoms with Crippen LogP contribution in [0, 0.1) is 0 Å². The zero-order valence-corrected chi connectivity index (χ0v) is 11.5. The fourth-order valence-corrected chi connectivity index (χ4v) is 2.06. The summed E-state index contributed by atoms with van der Waals surface area (Å²) in [5.74, 6) is 0.906. The summed E-state index contributed by atoms with van der Waals surface area (Å²) < 4.78 is 0. The molecule has 0 aliphatic carbocycles. The molecule has 0 radical (unpaired) electrons. The van der Waals surface area contributed by atoms with Crippen molar-refractivity contribution in [2.24, 2.45) is 5.73 Å². The summed E-state index contributed by atoms with van der Waals surface area (Å²) in [6.07, 6.45) is 1.55. The van der Waals surface area contributed by atoms with Gasteiger partial charge in [-0.05, 0) is 18.2 Å². The average molecular weight is 298 g/mol. The maximum atomic E-state index is 6.14. The minimum absolute atomic E-state index is 0.308. The lowest BCUT2D eigenvalue weighted by Gasteiger charge is -2.09. The summed E-state index contributed by atoms with van der Waals surface area (Å²) in [5, 5.41) is 4.07. The summed E-state index contributed by atoms with van der Waals surface area (Å²) >= 11 is 12.0. The third-order valence-corrected chi connectivity index (χ3v) is 2.99. The van der Waals surface area contributed by atoms with Crippen molar-refractivity contribution in [2.45, 2.75) is 0 Å². The first-order valence-electron chi connectivity index (χ1n) is 5.63. The van der Waals surface area contributed by atoms with Crippen LogP contribution in [0.2, 0.25) is 10.0 Å². The van der Waals surface area contributed by atoms with Crippen LogP contribution in [0.5, 0.6) is 0 Å². The standard InChI is InChI=1S/C12H13Cl2N5/c13-7-1-2-8(9(14)5-7)11-12(16)18-6-10(19-11)17-4-3-15/h1-2,5-6H,3-4,15H2,(H2,16,18)(H,17,19). The lowest BCUT2D eigenvalue weighted by molar-refractivity contribution is 1.01. The van der Waals surface area contributed by atoms with E-state index in [0.29, 0.717) is 46.0 Å². The van der Waals surface area contributed by atoms with Crippen LogP contribution in [0.3, 0.4) is 0 Å². The van der Waals surface area contributed by atoms with Gasteiger partial charge in [0.15, 0.2) is 0 Å². The molecule has 7 heteroatoms. The van der Waals surface area contributed by atoms with Crippen molar-refractivity contribution < 1.29 is 0 Å². The number of nitrogen functional groups attached to an aromatic ring is 1. The molecule has 1 aromatic heterocycles. The summed E-state index contributed by atoms with van der Waals surface area (Å²) in [6, 6.07) is 5.13. The van der Waals surface area contributed by atoms with Gasteiger partial charge in [0, 0.05) is 23.7 Å². The van der Waals surface area contributed by atoms with Gasteiger partial charge in [-0.2, -0.15) is 0 Å². The van der Waals surface area contributed by atoms with Gasteiger partial charge in [-0.3, -0.25) is 0 Å². The van der Waals surface area contributed by atoms with E-state index in [-0.39, 0.29) is 0 Å². The first-order valence-corrected chi connectivity index (χ1v) is 6.39. The van der Waals surface area contributed by atoms with E-state index in [1.807, 2.05) is 0 Å². The lowest BCUT2D eigenvalue weighted by Crippen LogP contribution is -2.14. The Morgan fingerprint density at radius 3 is 2.74 bits per heavy atom. The highest BCUT2D eigenvalue weighted by molar-refractivity contribution is 6.36. The molecule has 0 saturated carbocycles. The molecular formula is C12H13Cl2N5. The molecule has 19 heavy (non-hydrogen) atoms. The fraction of sp³-hybridized carbons (Fsp3) is 0.167. The van der Waals surface area contributed by atoms with Gasteiger partial charge in [0.2, 0.25) is 0 Å². The second-order valence-electron chi connectivity index (χ2n) is 3.83. The molecule has 2 aromatic rings. The van der Waals surface area contributed by atoms with Gasteiger partial charge in [-0.25, -0.2) is 9.97 Å². The number of hydrogen-bond acceptors (Lipinski definition) is 5. The van der Waals surface area contributed by atoms with E-state index in [0.717, 1.165) is 0 Å². The van der Waals surface area contributed by atoms with Gasteiger partial charge in [-0.15, -0.1) is 0 Å². The summed E-state index contributed by atoms with van der Waals surface area (Å²) in [4.78, 5) is 8.48. The van der Waals surface area contributed by atoms with Crippen LogP contribution in [0.1, 0.15) is 0 Å². The Morgan fingerprint density at radius 1 is 1.26 bits per heavy atom. The van der Waals surface area contributed by atoms with Gasteiger partial charge >= 0.3 is 0 Å². The van der Waals surface area contributed by atoms with Crippen LogP contribution in [0.15, 0.2) is 24.4 Å². The number of nitrogens with one attached hydrogen (secondary N) is 1. The molecule has 0 spiro atoms. The van der Waals surface area contributed by atoms with Crippen molar-refractivity contribution in [3.63, 3.8) is 0 Å². The maximum Gasteiger partial charge on any atom is 0.150 e. The Hall–Kier alpha value is -1.56. The van der Waals surface area contributed by atoms with Gasteiger partial charge in [0.05, 0.1) is 11.2 Å². The topological polar surface area (TPSA) is 89.8 Å². The molecule has 0 fully saturated rings. The molecule has 1 heterocycles. The number of nitrogens with two attached hydrogens (primary N) is 2. The molecule has 0 aliphatic heterocycles. The zero-order valence-electron chi connectivity index (χ0n) is 10.0. The van der Waals surface area contributed by atoms with Crippen LogP contribution in [-0.4, -0.2) is 23.1 Å². The van der Waals surface area contributed by atoms with E-state index in [9.17, 15) is 0 Å². The molecular weight excluding hydrogens is 285 g/mol. The van der Waals surface area contributed by atoms with Crippen molar-refractivity contribution in [3.8, 4) is 11.3 Å².